The van der Waals surface area contributed by atoms with Crippen LogP contribution in [0.4, 0.5) is 0 Å². The Balaban J connectivity index is 1.77. The first kappa shape index (κ1) is 14.7. The number of rotatable bonds is 2. The van der Waals surface area contributed by atoms with E-state index in [9.17, 15) is 0 Å². The average molecular weight is 308 g/mol. The Labute approximate surface area is 138 Å². The maximum Gasteiger partial charge on any atom is 0.119 e. The monoisotopic (exact) mass is 308 g/mol. The Morgan fingerprint density at radius 2 is 1.83 bits per heavy atom. The fourth-order valence-corrected chi connectivity index (χ4v) is 4.10. The number of likely N-dealkylation sites (N-methyl/N-ethyl adjacent to an activating group) is 1. The molecule has 2 aromatic carbocycles. The molecule has 0 amide bonds. The summed E-state index contributed by atoms with van der Waals surface area (Å²) < 4.78 is 5.45. The second-order valence-electron chi connectivity index (χ2n) is 6.71. The van der Waals surface area contributed by atoms with Gasteiger partial charge in [-0.25, -0.2) is 0 Å². The molecule has 2 aliphatic heterocycles. The van der Waals surface area contributed by atoms with Gasteiger partial charge in [0.2, 0.25) is 0 Å². The molecule has 0 radical (unpaired) electrons. The Morgan fingerprint density at radius 3 is 2.61 bits per heavy atom. The molecule has 0 saturated carbocycles. The fraction of sp³-hybridized carbons (Fsp3) is 0.400. The van der Waals surface area contributed by atoms with Crippen LogP contribution in [0.25, 0.3) is 0 Å². The highest BCUT2D eigenvalue weighted by Crippen LogP contribution is 2.42. The minimum Gasteiger partial charge on any atom is -0.497 e. The second kappa shape index (κ2) is 5.99. The van der Waals surface area contributed by atoms with Gasteiger partial charge in [-0.3, -0.25) is 4.90 Å². The van der Waals surface area contributed by atoms with Crippen molar-refractivity contribution in [3.8, 4) is 5.75 Å². The summed E-state index contributed by atoms with van der Waals surface area (Å²) in [6, 6.07) is 18.5. The van der Waals surface area contributed by atoms with Crippen molar-refractivity contribution in [1.82, 2.24) is 9.80 Å². The van der Waals surface area contributed by atoms with Crippen LogP contribution in [0.1, 0.15) is 28.8 Å². The molecule has 2 heterocycles. The molecule has 3 nitrogen and oxygen atoms in total. The van der Waals surface area contributed by atoms with Gasteiger partial charge in [-0.05, 0) is 42.3 Å². The predicted octanol–water partition coefficient (Wildman–Crippen LogP) is 3.28. The van der Waals surface area contributed by atoms with Gasteiger partial charge in [0.05, 0.1) is 7.11 Å². The van der Waals surface area contributed by atoms with E-state index in [1.807, 2.05) is 0 Å². The Morgan fingerprint density at radius 1 is 1.00 bits per heavy atom. The summed E-state index contributed by atoms with van der Waals surface area (Å²) in [5, 5.41) is 0. The van der Waals surface area contributed by atoms with Gasteiger partial charge >= 0.3 is 0 Å². The molecule has 1 fully saturated rings. The van der Waals surface area contributed by atoms with Crippen molar-refractivity contribution in [1.29, 1.82) is 0 Å². The number of nitrogens with zero attached hydrogens (tertiary/aromatic N) is 2. The van der Waals surface area contributed by atoms with Crippen LogP contribution in [0, 0.1) is 0 Å². The van der Waals surface area contributed by atoms with E-state index in [0.717, 1.165) is 31.8 Å². The molecular weight excluding hydrogens is 284 g/mol. The smallest absolute Gasteiger partial charge is 0.119 e. The lowest BCUT2D eigenvalue weighted by Crippen LogP contribution is -2.50. The van der Waals surface area contributed by atoms with Crippen molar-refractivity contribution in [2.24, 2.45) is 0 Å². The van der Waals surface area contributed by atoms with Crippen molar-refractivity contribution in [2.45, 2.75) is 18.5 Å². The third kappa shape index (κ3) is 2.64. The van der Waals surface area contributed by atoms with Gasteiger partial charge in [0.1, 0.15) is 5.75 Å². The molecule has 0 spiro atoms. The minimum absolute atomic E-state index is 0.467. The molecule has 2 aromatic rings. The van der Waals surface area contributed by atoms with Crippen LogP contribution in [0.3, 0.4) is 0 Å². The quantitative estimate of drug-likeness (QED) is 0.847. The van der Waals surface area contributed by atoms with Crippen molar-refractivity contribution in [3.05, 3.63) is 65.2 Å². The Kier molecular flexibility index (Phi) is 3.83. The molecular formula is C20H24N2O. The summed E-state index contributed by atoms with van der Waals surface area (Å²) >= 11 is 0. The lowest BCUT2D eigenvalue weighted by molar-refractivity contribution is 0.0403. The zero-order chi connectivity index (χ0) is 15.8. The first-order valence-electron chi connectivity index (χ1n) is 8.42. The SMILES string of the molecule is COc1ccc2c(c1)C[C@@H](c1ccccc1)N1CCN(C)C[C@@H]21. The molecule has 2 atom stereocenters. The number of piperazine rings is 1. The third-order valence-electron chi connectivity index (χ3n) is 5.33. The number of hydrogen-bond donors (Lipinski definition) is 0. The molecule has 3 heteroatoms. The van der Waals surface area contributed by atoms with E-state index < -0.39 is 0 Å². The van der Waals surface area contributed by atoms with Crippen LogP contribution in [-0.4, -0.2) is 43.6 Å². The molecule has 4 rings (SSSR count). The maximum atomic E-state index is 5.45. The first-order chi connectivity index (χ1) is 11.3. The summed E-state index contributed by atoms with van der Waals surface area (Å²) in [6.45, 7) is 3.38. The standard InChI is InChI=1S/C20H24N2O/c1-21-10-11-22-19(15-6-4-3-5-7-15)13-16-12-17(23-2)8-9-18(16)20(22)14-21/h3-9,12,19-20H,10-11,13-14H2,1-2H3/t19-,20-/m0/s1. The zero-order valence-electron chi connectivity index (χ0n) is 13.9. The Hall–Kier alpha value is -1.84. The number of ether oxygens (including phenoxy) is 1. The van der Waals surface area contributed by atoms with Gasteiger partial charge < -0.3 is 9.64 Å². The van der Waals surface area contributed by atoms with Crippen molar-refractivity contribution in [3.63, 3.8) is 0 Å². The van der Waals surface area contributed by atoms with Crippen LogP contribution in [0.2, 0.25) is 0 Å². The van der Waals surface area contributed by atoms with E-state index >= 15 is 0 Å². The van der Waals surface area contributed by atoms with Gasteiger partial charge in [0, 0.05) is 31.7 Å². The van der Waals surface area contributed by atoms with Gasteiger partial charge in [-0.15, -0.1) is 0 Å². The lowest BCUT2D eigenvalue weighted by atomic mass is 9.84. The third-order valence-corrected chi connectivity index (χ3v) is 5.33. The molecule has 1 saturated heterocycles. The van der Waals surface area contributed by atoms with Crippen molar-refractivity contribution >= 4 is 0 Å². The second-order valence-corrected chi connectivity index (χ2v) is 6.71. The van der Waals surface area contributed by atoms with E-state index in [-0.39, 0.29) is 0 Å². The van der Waals surface area contributed by atoms with Crippen LogP contribution in [-0.2, 0) is 6.42 Å². The van der Waals surface area contributed by atoms with Crippen LogP contribution in [0.15, 0.2) is 48.5 Å². The van der Waals surface area contributed by atoms with E-state index in [0.29, 0.717) is 12.1 Å². The summed E-state index contributed by atoms with van der Waals surface area (Å²) in [5.74, 6) is 0.966. The highest BCUT2D eigenvalue weighted by atomic mass is 16.5. The molecule has 23 heavy (non-hydrogen) atoms. The van der Waals surface area contributed by atoms with Gasteiger partial charge in [-0.1, -0.05) is 36.4 Å². The summed E-state index contributed by atoms with van der Waals surface area (Å²) in [6.07, 6.45) is 1.07. The number of methoxy groups -OCH3 is 1. The molecule has 0 unspecified atom stereocenters. The van der Waals surface area contributed by atoms with E-state index in [4.69, 9.17) is 4.74 Å². The van der Waals surface area contributed by atoms with Crippen LogP contribution >= 0.6 is 0 Å². The van der Waals surface area contributed by atoms with Gasteiger partial charge in [0.15, 0.2) is 0 Å². The van der Waals surface area contributed by atoms with Gasteiger partial charge in [-0.2, -0.15) is 0 Å². The minimum atomic E-state index is 0.467. The Bertz CT molecular complexity index is 685. The van der Waals surface area contributed by atoms with E-state index in [2.05, 4.69) is 65.4 Å². The highest BCUT2D eigenvalue weighted by molar-refractivity contribution is 5.41. The van der Waals surface area contributed by atoms with Crippen molar-refractivity contribution < 1.29 is 4.74 Å². The first-order valence-corrected chi connectivity index (χ1v) is 8.42. The number of hydrogen-bond acceptors (Lipinski definition) is 3. The lowest BCUT2D eigenvalue weighted by Gasteiger charge is -2.48. The summed E-state index contributed by atoms with van der Waals surface area (Å²) in [4.78, 5) is 5.15. The van der Waals surface area contributed by atoms with Gasteiger partial charge in [0.25, 0.3) is 0 Å². The molecule has 0 aliphatic carbocycles. The van der Waals surface area contributed by atoms with Crippen LogP contribution < -0.4 is 4.74 Å². The fourth-order valence-electron chi connectivity index (χ4n) is 4.10. The van der Waals surface area contributed by atoms with E-state index in [1.165, 1.54) is 16.7 Å². The summed E-state index contributed by atoms with van der Waals surface area (Å²) in [5.41, 5.74) is 4.34. The molecule has 0 aromatic heterocycles. The highest BCUT2D eigenvalue weighted by Gasteiger charge is 2.37. The largest absolute Gasteiger partial charge is 0.497 e. The topological polar surface area (TPSA) is 15.7 Å². The predicted molar refractivity (Wildman–Crippen MR) is 92.8 cm³/mol. The molecule has 0 N–H and O–H groups in total. The maximum absolute atomic E-state index is 5.45. The molecule has 120 valence electrons. The normalized spacial score (nSPS) is 24.8. The molecule has 2 aliphatic rings. The average Bonchev–Trinajstić information content (AvgIpc) is 2.61. The van der Waals surface area contributed by atoms with E-state index in [1.54, 1.807) is 7.11 Å². The number of fused-ring (bicyclic) bond motifs is 3. The van der Waals surface area contributed by atoms with Crippen molar-refractivity contribution in [2.75, 3.05) is 33.8 Å². The van der Waals surface area contributed by atoms with Crippen LogP contribution in [0.5, 0.6) is 5.75 Å². The zero-order valence-corrected chi connectivity index (χ0v) is 13.9. The molecule has 0 bridgehead atoms. The summed E-state index contributed by atoms with van der Waals surface area (Å²) in [7, 11) is 3.98. The number of benzene rings is 2.